The molecule has 0 unspecified atom stereocenters. The van der Waals surface area contributed by atoms with Gasteiger partial charge in [-0.2, -0.15) is 4.52 Å². The minimum absolute atomic E-state index is 0.0926. The van der Waals surface area contributed by atoms with Crippen LogP contribution in [0.3, 0.4) is 0 Å². The number of anilines is 1. The number of aromatic nitrogens is 4. The normalized spacial score (nSPS) is 15.2. The van der Waals surface area contributed by atoms with E-state index in [1.54, 1.807) is 11.3 Å². The van der Waals surface area contributed by atoms with Gasteiger partial charge in [-0.3, -0.25) is 4.79 Å². The SMILES string of the molecule is Cc1ccc(C(=O)N(C)C2CN(c3ccc4nnc(C(C)(C)C)n4n3)C2)s1. The highest BCUT2D eigenvalue weighted by Gasteiger charge is 2.34. The van der Waals surface area contributed by atoms with Crippen LogP contribution in [0.15, 0.2) is 24.3 Å². The van der Waals surface area contributed by atoms with E-state index in [2.05, 4.69) is 35.9 Å². The number of aryl methyl sites for hydroxylation is 1. The second-order valence-corrected chi connectivity index (χ2v) is 9.41. The predicted molar refractivity (Wildman–Crippen MR) is 107 cm³/mol. The lowest BCUT2D eigenvalue weighted by molar-refractivity contribution is 0.0710. The maximum absolute atomic E-state index is 12.6. The molecule has 0 aromatic carbocycles. The molecule has 0 N–H and O–H groups in total. The molecule has 1 amide bonds. The maximum Gasteiger partial charge on any atom is 0.264 e. The van der Waals surface area contributed by atoms with Crippen molar-refractivity contribution < 1.29 is 4.79 Å². The summed E-state index contributed by atoms with van der Waals surface area (Å²) in [6.45, 7) is 9.88. The number of thiophene rings is 1. The van der Waals surface area contributed by atoms with E-state index >= 15 is 0 Å². The molecule has 3 aromatic heterocycles. The summed E-state index contributed by atoms with van der Waals surface area (Å²) >= 11 is 1.55. The van der Waals surface area contributed by atoms with Crippen molar-refractivity contribution in [1.82, 2.24) is 24.7 Å². The van der Waals surface area contributed by atoms with Crippen LogP contribution in [-0.4, -0.2) is 56.8 Å². The molecule has 0 radical (unpaired) electrons. The van der Waals surface area contributed by atoms with Crippen molar-refractivity contribution in [3.05, 3.63) is 39.8 Å². The second-order valence-electron chi connectivity index (χ2n) is 8.12. The third kappa shape index (κ3) is 3.18. The summed E-state index contributed by atoms with van der Waals surface area (Å²) in [7, 11) is 1.88. The number of carbonyl (C=O) groups excluding carboxylic acids is 1. The third-order valence-electron chi connectivity index (χ3n) is 4.93. The lowest BCUT2D eigenvalue weighted by Crippen LogP contribution is -2.60. The van der Waals surface area contributed by atoms with Crippen molar-refractivity contribution in [2.75, 3.05) is 25.0 Å². The number of nitrogens with zero attached hydrogens (tertiary/aromatic N) is 6. The minimum Gasteiger partial charge on any atom is -0.351 e. The first-order chi connectivity index (χ1) is 12.7. The number of carbonyl (C=O) groups is 1. The lowest BCUT2D eigenvalue weighted by atomic mass is 9.96. The molecule has 142 valence electrons. The molecule has 0 atom stereocenters. The average Bonchev–Trinajstić information content (AvgIpc) is 3.18. The molecular weight excluding hydrogens is 360 g/mol. The first-order valence-corrected chi connectivity index (χ1v) is 9.87. The van der Waals surface area contributed by atoms with E-state index in [9.17, 15) is 4.79 Å². The van der Waals surface area contributed by atoms with Gasteiger partial charge in [-0.1, -0.05) is 20.8 Å². The van der Waals surface area contributed by atoms with Crippen LogP contribution in [0.4, 0.5) is 5.82 Å². The Labute approximate surface area is 162 Å². The Bertz CT molecular complexity index is 995. The highest BCUT2D eigenvalue weighted by Crippen LogP contribution is 2.26. The van der Waals surface area contributed by atoms with Gasteiger partial charge in [-0.25, -0.2) is 0 Å². The monoisotopic (exact) mass is 384 g/mol. The first kappa shape index (κ1) is 17.9. The van der Waals surface area contributed by atoms with Crippen LogP contribution < -0.4 is 4.90 Å². The van der Waals surface area contributed by atoms with Crippen molar-refractivity contribution in [2.45, 2.75) is 39.2 Å². The van der Waals surface area contributed by atoms with Gasteiger partial charge in [0, 0.05) is 30.4 Å². The van der Waals surface area contributed by atoms with E-state index in [1.807, 2.05) is 47.7 Å². The number of hydrogen-bond acceptors (Lipinski definition) is 6. The number of rotatable bonds is 3. The van der Waals surface area contributed by atoms with Crippen molar-refractivity contribution in [3.8, 4) is 0 Å². The minimum atomic E-state index is -0.131. The molecule has 1 fully saturated rings. The largest absolute Gasteiger partial charge is 0.351 e. The summed E-state index contributed by atoms with van der Waals surface area (Å²) in [5, 5.41) is 13.2. The molecule has 1 saturated heterocycles. The van der Waals surface area contributed by atoms with E-state index in [-0.39, 0.29) is 17.4 Å². The molecule has 1 aliphatic rings. The van der Waals surface area contributed by atoms with Gasteiger partial charge in [-0.15, -0.1) is 26.6 Å². The topological polar surface area (TPSA) is 66.6 Å². The zero-order chi connectivity index (χ0) is 19.3. The van der Waals surface area contributed by atoms with Gasteiger partial charge in [0.25, 0.3) is 5.91 Å². The van der Waals surface area contributed by atoms with Crippen LogP contribution in [0.1, 0.15) is 41.1 Å². The summed E-state index contributed by atoms with van der Waals surface area (Å²) < 4.78 is 1.83. The van der Waals surface area contributed by atoms with Gasteiger partial charge < -0.3 is 9.80 Å². The van der Waals surface area contributed by atoms with E-state index in [0.29, 0.717) is 0 Å². The molecule has 0 spiro atoms. The van der Waals surface area contributed by atoms with Crippen LogP contribution in [0, 0.1) is 6.92 Å². The highest BCUT2D eigenvalue weighted by molar-refractivity contribution is 7.13. The molecule has 4 rings (SSSR count). The number of amides is 1. The molecule has 1 aliphatic heterocycles. The van der Waals surface area contributed by atoms with Crippen LogP contribution in [0.2, 0.25) is 0 Å². The average molecular weight is 385 g/mol. The van der Waals surface area contributed by atoms with Crippen LogP contribution >= 0.6 is 11.3 Å². The van der Waals surface area contributed by atoms with Crippen LogP contribution in [-0.2, 0) is 5.41 Å². The standard InChI is InChI=1S/C19H24N6OS/c1-12-6-7-14(27-12)17(26)23(5)13-10-24(11-13)16-9-8-15-20-21-18(19(2,3)4)25(15)22-16/h6-9,13H,10-11H2,1-5H3. The zero-order valence-electron chi connectivity index (χ0n) is 16.3. The Morgan fingerprint density at radius 2 is 1.93 bits per heavy atom. The van der Waals surface area contributed by atoms with Crippen molar-refractivity contribution in [1.29, 1.82) is 0 Å². The first-order valence-electron chi connectivity index (χ1n) is 9.05. The summed E-state index contributed by atoms with van der Waals surface area (Å²) in [5.74, 6) is 1.82. The number of likely N-dealkylation sites (N-methyl/N-ethyl adjacent to an activating group) is 1. The number of hydrogen-bond donors (Lipinski definition) is 0. The lowest BCUT2D eigenvalue weighted by Gasteiger charge is -2.44. The van der Waals surface area contributed by atoms with Crippen molar-refractivity contribution in [2.24, 2.45) is 0 Å². The molecule has 7 nitrogen and oxygen atoms in total. The van der Waals surface area contributed by atoms with E-state index in [4.69, 9.17) is 5.10 Å². The Hall–Kier alpha value is -2.48. The summed E-state index contributed by atoms with van der Waals surface area (Å²) in [4.78, 5) is 18.6. The van der Waals surface area contributed by atoms with Gasteiger partial charge in [0.05, 0.1) is 10.9 Å². The fourth-order valence-corrected chi connectivity index (χ4v) is 4.04. The van der Waals surface area contributed by atoms with Crippen molar-refractivity contribution in [3.63, 3.8) is 0 Å². The molecule has 0 aliphatic carbocycles. The van der Waals surface area contributed by atoms with E-state index in [1.165, 1.54) is 0 Å². The molecule has 3 aromatic rings. The molecule has 0 saturated carbocycles. The third-order valence-corrected chi connectivity index (χ3v) is 5.91. The predicted octanol–water partition coefficient (Wildman–Crippen LogP) is 2.75. The van der Waals surface area contributed by atoms with Gasteiger partial charge in [0.15, 0.2) is 11.5 Å². The van der Waals surface area contributed by atoms with Gasteiger partial charge in [-0.05, 0) is 31.2 Å². The molecule has 4 heterocycles. The summed E-state index contributed by atoms with van der Waals surface area (Å²) in [6.07, 6.45) is 0. The number of fused-ring (bicyclic) bond motifs is 1. The highest BCUT2D eigenvalue weighted by atomic mass is 32.1. The van der Waals surface area contributed by atoms with Crippen LogP contribution in [0.5, 0.6) is 0 Å². The van der Waals surface area contributed by atoms with Crippen LogP contribution in [0.25, 0.3) is 5.65 Å². The van der Waals surface area contributed by atoms with Crippen molar-refractivity contribution >= 4 is 28.7 Å². The smallest absolute Gasteiger partial charge is 0.264 e. The fraction of sp³-hybridized carbons (Fsp3) is 0.474. The van der Waals surface area contributed by atoms with Gasteiger partial charge in [0.1, 0.15) is 5.82 Å². The van der Waals surface area contributed by atoms with Gasteiger partial charge >= 0.3 is 0 Å². The maximum atomic E-state index is 12.6. The molecule has 0 bridgehead atoms. The second kappa shape index (κ2) is 6.30. The Kier molecular flexibility index (Phi) is 4.18. The zero-order valence-corrected chi connectivity index (χ0v) is 17.1. The summed E-state index contributed by atoms with van der Waals surface area (Å²) in [5.41, 5.74) is 0.620. The Balaban J connectivity index is 1.48. The fourth-order valence-electron chi connectivity index (χ4n) is 3.19. The summed E-state index contributed by atoms with van der Waals surface area (Å²) in [6, 6.07) is 8.01. The van der Waals surface area contributed by atoms with E-state index in [0.717, 1.165) is 40.1 Å². The molecule has 27 heavy (non-hydrogen) atoms. The Morgan fingerprint density at radius 1 is 1.19 bits per heavy atom. The molecule has 8 heteroatoms. The molecular formula is C19H24N6OS. The quantitative estimate of drug-likeness (QED) is 0.695. The Morgan fingerprint density at radius 3 is 2.56 bits per heavy atom. The van der Waals surface area contributed by atoms with Gasteiger partial charge in [0.2, 0.25) is 0 Å². The van der Waals surface area contributed by atoms with E-state index < -0.39 is 0 Å².